The fourth-order valence-electron chi connectivity index (χ4n) is 2.57. The van der Waals surface area contributed by atoms with Crippen molar-refractivity contribution in [3.05, 3.63) is 29.8 Å². The molecule has 3 nitrogen and oxygen atoms in total. The number of anilines is 1. The lowest BCUT2D eigenvalue weighted by atomic mass is 9.99. The molecule has 1 heterocycles. The minimum absolute atomic E-state index is 0.0394. The molecule has 0 bridgehead atoms. The number of nitrogens with zero attached hydrogens (tertiary/aromatic N) is 2. The lowest BCUT2D eigenvalue weighted by Crippen LogP contribution is -2.33. The highest BCUT2D eigenvalue weighted by Gasteiger charge is 2.38. The fourth-order valence-corrected chi connectivity index (χ4v) is 2.57. The van der Waals surface area contributed by atoms with E-state index < -0.39 is 0 Å². The molecule has 0 aliphatic carbocycles. The van der Waals surface area contributed by atoms with Gasteiger partial charge >= 0.3 is 0 Å². The number of amides is 1. The predicted octanol–water partition coefficient (Wildman–Crippen LogP) is 3.07. The minimum atomic E-state index is -0.197. The maximum Gasteiger partial charge on any atom is 0.228 e. The second kappa shape index (κ2) is 4.81. The van der Waals surface area contributed by atoms with Crippen molar-refractivity contribution < 1.29 is 4.79 Å². The van der Waals surface area contributed by atoms with Gasteiger partial charge in [-0.3, -0.25) is 4.79 Å². The van der Waals surface area contributed by atoms with Crippen LogP contribution in [0.15, 0.2) is 24.3 Å². The fraction of sp³-hybridized carbons (Fsp3) is 0.467. The summed E-state index contributed by atoms with van der Waals surface area (Å²) in [6.07, 6.45) is 0.337. The second-order valence-corrected chi connectivity index (χ2v) is 5.16. The third-order valence-electron chi connectivity index (χ3n) is 3.64. The molecule has 94 valence electrons. The summed E-state index contributed by atoms with van der Waals surface area (Å²) in [5.74, 6) is 0.224. The maximum absolute atomic E-state index is 12.1. The van der Waals surface area contributed by atoms with Crippen LogP contribution in [0.2, 0.25) is 0 Å². The third kappa shape index (κ3) is 1.99. The van der Waals surface area contributed by atoms with Crippen LogP contribution in [0.4, 0.5) is 5.69 Å². The van der Waals surface area contributed by atoms with E-state index in [1.807, 2.05) is 25.1 Å². The Labute approximate surface area is 108 Å². The first kappa shape index (κ1) is 12.6. The number of hydrogen-bond donors (Lipinski definition) is 0. The summed E-state index contributed by atoms with van der Waals surface area (Å²) < 4.78 is 0. The van der Waals surface area contributed by atoms with Gasteiger partial charge in [-0.25, -0.2) is 0 Å². The van der Waals surface area contributed by atoms with Gasteiger partial charge in [-0.1, -0.05) is 32.0 Å². The molecule has 3 heteroatoms. The van der Waals surface area contributed by atoms with Crippen molar-refractivity contribution in [3.8, 4) is 6.07 Å². The summed E-state index contributed by atoms with van der Waals surface area (Å²) in [4.78, 5) is 13.9. The molecular formula is C15H18N2O. The predicted molar refractivity (Wildman–Crippen MR) is 71.2 cm³/mol. The Morgan fingerprint density at radius 3 is 2.61 bits per heavy atom. The van der Waals surface area contributed by atoms with E-state index >= 15 is 0 Å². The van der Waals surface area contributed by atoms with Gasteiger partial charge in [0.2, 0.25) is 5.91 Å². The van der Waals surface area contributed by atoms with Crippen LogP contribution in [-0.2, 0) is 4.79 Å². The molecule has 0 radical (unpaired) electrons. The van der Waals surface area contributed by atoms with E-state index in [4.69, 9.17) is 5.26 Å². The third-order valence-corrected chi connectivity index (χ3v) is 3.64. The number of rotatable bonds is 2. The van der Waals surface area contributed by atoms with Crippen molar-refractivity contribution in [1.29, 1.82) is 5.26 Å². The Bertz CT molecular complexity index is 501. The van der Waals surface area contributed by atoms with Crippen molar-refractivity contribution in [1.82, 2.24) is 0 Å². The zero-order valence-corrected chi connectivity index (χ0v) is 11.1. The summed E-state index contributed by atoms with van der Waals surface area (Å²) in [5, 5.41) is 9.07. The molecule has 0 spiro atoms. The topological polar surface area (TPSA) is 44.1 Å². The van der Waals surface area contributed by atoms with Crippen molar-refractivity contribution >= 4 is 11.6 Å². The monoisotopic (exact) mass is 242 g/mol. The van der Waals surface area contributed by atoms with E-state index in [0.717, 1.165) is 11.3 Å². The summed E-state index contributed by atoms with van der Waals surface area (Å²) in [6.45, 7) is 6.19. The highest BCUT2D eigenvalue weighted by molar-refractivity contribution is 5.97. The van der Waals surface area contributed by atoms with E-state index in [1.165, 1.54) is 0 Å². The van der Waals surface area contributed by atoms with Crippen LogP contribution in [-0.4, -0.2) is 11.9 Å². The van der Waals surface area contributed by atoms with Crippen LogP contribution in [0.25, 0.3) is 0 Å². The van der Waals surface area contributed by atoms with Crippen molar-refractivity contribution in [2.45, 2.75) is 39.2 Å². The molecule has 18 heavy (non-hydrogen) atoms. The van der Waals surface area contributed by atoms with Crippen LogP contribution < -0.4 is 4.90 Å². The molecular weight excluding hydrogens is 224 g/mol. The second-order valence-electron chi connectivity index (χ2n) is 5.16. The molecule has 0 saturated carbocycles. The van der Waals surface area contributed by atoms with Crippen molar-refractivity contribution in [2.75, 3.05) is 4.90 Å². The molecule has 1 aliphatic heterocycles. The molecule has 1 amide bonds. The Morgan fingerprint density at radius 2 is 2.06 bits per heavy atom. The van der Waals surface area contributed by atoms with Gasteiger partial charge in [0, 0.05) is 12.1 Å². The lowest BCUT2D eigenvalue weighted by molar-refractivity contribution is -0.117. The first-order chi connectivity index (χ1) is 8.56. The molecule has 0 aromatic heterocycles. The number of hydrogen-bond acceptors (Lipinski definition) is 2. The van der Waals surface area contributed by atoms with Crippen LogP contribution in [0.3, 0.4) is 0 Å². The van der Waals surface area contributed by atoms with E-state index in [2.05, 4.69) is 26.0 Å². The minimum Gasteiger partial charge on any atom is -0.308 e. The summed E-state index contributed by atoms with van der Waals surface area (Å²) in [5.41, 5.74) is 2.12. The number of carbonyl (C=O) groups excluding carboxylic acids is 1. The van der Waals surface area contributed by atoms with Crippen molar-refractivity contribution in [3.63, 3.8) is 0 Å². The summed E-state index contributed by atoms with van der Waals surface area (Å²) >= 11 is 0. The number of para-hydroxylation sites is 1. The molecule has 2 atom stereocenters. The average Bonchev–Trinajstić information content (AvgIpc) is 2.64. The molecule has 0 N–H and O–H groups in total. The first-order valence-electron chi connectivity index (χ1n) is 6.37. The zero-order chi connectivity index (χ0) is 13.3. The quantitative estimate of drug-likeness (QED) is 0.800. The van der Waals surface area contributed by atoms with Crippen molar-refractivity contribution in [2.24, 2.45) is 5.92 Å². The van der Waals surface area contributed by atoms with Gasteiger partial charge < -0.3 is 4.90 Å². The van der Waals surface area contributed by atoms with Crippen LogP contribution in [0.5, 0.6) is 0 Å². The molecule has 1 saturated heterocycles. The standard InChI is InChI=1S/C15H18N2O/c1-10(2)13-6-4-5-7-14(13)17-11(3)12(9-16)8-15(17)18/h4-7,10-12H,8H2,1-3H3. The van der Waals surface area contributed by atoms with E-state index in [0.29, 0.717) is 12.3 Å². The number of nitriles is 1. The molecule has 1 aromatic carbocycles. The average molecular weight is 242 g/mol. The SMILES string of the molecule is CC(C)c1ccccc1N1C(=O)CC(C#N)C1C. The van der Waals surface area contributed by atoms with Crippen LogP contribution in [0.1, 0.15) is 38.7 Å². The smallest absolute Gasteiger partial charge is 0.228 e. The molecule has 1 fully saturated rings. The zero-order valence-electron chi connectivity index (χ0n) is 11.1. The van der Waals surface area contributed by atoms with E-state index in [-0.39, 0.29) is 17.9 Å². The van der Waals surface area contributed by atoms with E-state index in [9.17, 15) is 4.79 Å². The molecule has 2 unspecified atom stereocenters. The highest BCUT2D eigenvalue weighted by Crippen LogP contribution is 2.35. The number of carbonyl (C=O) groups is 1. The summed E-state index contributed by atoms with van der Waals surface area (Å²) in [6, 6.07) is 10.2. The Morgan fingerprint density at radius 1 is 1.39 bits per heavy atom. The largest absolute Gasteiger partial charge is 0.308 e. The van der Waals surface area contributed by atoms with Gasteiger partial charge in [-0.2, -0.15) is 5.26 Å². The van der Waals surface area contributed by atoms with Gasteiger partial charge in [0.05, 0.1) is 18.0 Å². The molecule has 1 aliphatic rings. The van der Waals surface area contributed by atoms with Gasteiger partial charge in [0.15, 0.2) is 0 Å². The van der Waals surface area contributed by atoms with Gasteiger partial charge in [-0.15, -0.1) is 0 Å². The van der Waals surface area contributed by atoms with Gasteiger partial charge in [0.25, 0.3) is 0 Å². The summed E-state index contributed by atoms with van der Waals surface area (Å²) in [7, 11) is 0. The first-order valence-corrected chi connectivity index (χ1v) is 6.37. The maximum atomic E-state index is 12.1. The highest BCUT2D eigenvalue weighted by atomic mass is 16.2. The van der Waals surface area contributed by atoms with Crippen LogP contribution in [0, 0.1) is 17.2 Å². The normalized spacial score (nSPS) is 23.5. The Hall–Kier alpha value is -1.82. The van der Waals surface area contributed by atoms with Gasteiger partial charge in [-0.05, 0) is 24.5 Å². The Balaban J connectivity index is 2.44. The lowest BCUT2D eigenvalue weighted by Gasteiger charge is -2.26. The van der Waals surface area contributed by atoms with Crippen LogP contribution >= 0.6 is 0 Å². The molecule has 2 rings (SSSR count). The number of benzene rings is 1. The van der Waals surface area contributed by atoms with E-state index in [1.54, 1.807) is 4.90 Å². The van der Waals surface area contributed by atoms with Gasteiger partial charge in [0.1, 0.15) is 0 Å². The Kier molecular flexibility index (Phi) is 3.38. The molecule has 1 aromatic rings.